The van der Waals surface area contributed by atoms with Crippen LogP contribution in [0.25, 0.3) is 16.5 Å². The van der Waals surface area contributed by atoms with Crippen LogP contribution in [0.5, 0.6) is 0 Å². The molecular formula is C22H26F3N3O3. The summed E-state index contributed by atoms with van der Waals surface area (Å²) in [7, 11) is 1.72. The van der Waals surface area contributed by atoms with Gasteiger partial charge in [0.25, 0.3) is 0 Å². The molecule has 2 atom stereocenters. The zero-order valence-corrected chi connectivity index (χ0v) is 16.2. The smallest absolute Gasteiger partial charge is 0.475 e. The molecule has 1 aromatic heterocycles. The van der Waals surface area contributed by atoms with Gasteiger partial charge in [0.15, 0.2) is 0 Å². The number of carbonyl (C=O) groups excluding carboxylic acids is 1. The summed E-state index contributed by atoms with van der Waals surface area (Å²) in [5, 5.41) is 7.95. The first-order chi connectivity index (χ1) is 18.8. The number of carbonyl (C=O) groups is 2. The summed E-state index contributed by atoms with van der Waals surface area (Å²) >= 11 is 0. The lowest BCUT2D eigenvalue weighted by Gasteiger charge is -2.40. The summed E-state index contributed by atoms with van der Waals surface area (Å²) in [6.07, 6.45) is -2.75. The van der Waals surface area contributed by atoms with Crippen LogP contribution in [0.15, 0.2) is 30.4 Å². The molecule has 1 amide bonds. The lowest BCUT2D eigenvalue weighted by molar-refractivity contribution is -0.192. The predicted molar refractivity (Wildman–Crippen MR) is 112 cm³/mol. The molecule has 1 aliphatic carbocycles. The molecule has 168 valence electrons. The van der Waals surface area contributed by atoms with Gasteiger partial charge in [-0.2, -0.15) is 13.2 Å². The van der Waals surface area contributed by atoms with Gasteiger partial charge < -0.3 is 15.0 Å². The van der Waals surface area contributed by atoms with Crippen LogP contribution in [0.1, 0.15) is 39.9 Å². The average molecular weight is 449 g/mol. The van der Waals surface area contributed by atoms with Gasteiger partial charge in [-0.05, 0) is 49.9 Å². The number of aromatic amines is 1. The third-order valence-corrected chi connectivity index (χ3v) is 5.18. The Morgan fingerprint density at radius 3 is 2.68 bits per heavy atom. The standard InChI is InChI=1S/C20H25N3O.C2HF3O2/c1-4-23(5-2)20(24)14-9-16-15-7-6-8-17-19(15)13(11-21-17)10-18(16)22(3)12-14;3-2(4,5)1(6)7/h6-9,11,14,18,21H,4-5,10,12H2,1-3H3;(H,6,7)/t14-,18-;/m1./s1/i1D3,2D3,4D2,5D2,11D;. The van der Waals surface area contributed by atoms with E-state index in [0.717, 1.165) is 22.0 Å². The SMILES string of the molecule is O=C(O)C(F)(F)F.[2H]c1[nH]c2cccc3c2c1C[C@@H]1C3=C[C@@H](C(=O)N(C([2H])([2H])C([2H])([2H])[2H])C([2H])([2H])C([2H])([2H])[2H])CN1C. The molecule has 31 heavy (non-hydrogen) atoms. The lowest BCUT2D eigenvalue weighted by Crippen LogP contribution is -2.47. The van der Waals surface area contributed by atoms with Crippen molar-refractivity contribution in [3.8, 4) is 0 Å². The van der Waals surface area contributed by atoms with Crippen molar-refractivity contribution in [2.45, 2.75) is 32.3 Å². The Labute approximate surface area is 193 Å². The van der Waals surface area contributed by atoms with E-state index in [4.69, 9.17) is 25.0 Å². The van der Waals surface area contributed by atoms with Crippen LogP contribution in [0.3, 0.4) is 0 Å². The summed E-state index contributed by atoms with van der Waals surface area (Å²) in [6.45, 7) is -14.2. The van der Waals surface area contributed by atoms with E-state index >= 15 is 0 Å². The number of benzene rings is 1. The number of amides is 1. The number of hydrogen-bond acceptors (Lipinski definition) is 3. The average Bonchev–Trinajstić information content (AvgIpc) is 3.13. The maximum absolute atomic E-state index is 13.6. The number of H-pyrrole nitrogens is 1. The molecule has 0 saturated heterocycles. The summed E-state index contributed by atoms with van der Waals surface area (Å²) in [6, 6.07) is 5.23. The fourth-order valence-electron chi connectivity index (χ4n) is 3.82. The second-order valence-corrected chi connectivity index (χ2v) is 7.04. The number of halogens is 3. The Morgan fingerprint density at radius 1 is 1.39 bits per heavy atom. The molecule has 2 aromatic rings. The molecule has 0 radical (unpaired) electrons. The number of alkyl halides is 3. The van der Waals surface area contributed by atoms with Gasteiger partial charge >= 0.3 is 12.1 Å². The second kappa shape index (κ2) is 8.74. The summed E-state index contributed by atoms with van der Waals surface area (Å²) in [5.74, 6) is -5.22. The van der Waals surface area contributed by atoms with Gasteiger partial charge in [0.1, 0.15) is 0 Å². The maximum atomic E-state index is 13.6. The molecule has 0 bridgehead atoms. The Hall–Kier alpha value is -2.81. The van der Waals surface area contributed by atoms with Gasteiger partial charge in [0.2, 0.25) is 5.91 Å². The lowest BCUT2D eigenvalue weighted by atomic mass is 9.79. The first-order valence-electron chi connectivity index (χ1n) is 14.5. The van der Waals surface area contributed by atoms with Crippen LogP contribution in [-0.4, -0.2) is 70.6 Å². The van der Waals surface area contributed by atoms with Gasteiger partial charge in [0.05, 0.1) is 7.29 Å². The van der Waals surface area contributed by atoms with Gasteiger partial charge in [-0.3, -0.25) is 9.69 Å². The fourth-order valence-corrected chi connectivity index (χ4v) is 3.82. The van der Waals surface area contributed by atoms with Crippen molar-refractivity contribution in [3.63, 3.8) is 0 Å². The third-order valence-electron chi connectivity index (χ3n) is 5.18. The van der Waals surface area contributed by atoms with Gasteiger partial charge in [-0.1, -0.05) is 18.2 Å². The zero-order chi connectivity index (χ0) is 32.4. The van der Waals surface area contributed by atoms with Crippen LogP contribution >= 0.6 is 0 Å². The van der Waals surface area contributed by atoms with E-state index in [9.17, 15) is 18.0 Å². The monoisotopic (exact) mass is 448 g/mol. The zero-order valence-electron chi connectivity index (χ0n) is 27.2. The first kappa shape index (κ1) is 12.3. The van der Waals surface area contributed by atoms with Crippen LogP contribution < -0.4 is 0 Å². The number of fused-ring (bicyclic) bond motifs is 2. The number of rotatable bonds is 3. The first-order valence-corrected chi connectivity index (χ1v) is 9.00. The number of nitrogens with zero attached hydrogens (tertiary/aromatic N) is 2. The number of carboxylic acid groups (broad SMARTS) is 1. The highest BCUT2D eigenvalue weighted by Crippen LogP contribution is 2.40. The number of carboxylic acids is 1. The van der Waals surface area contributed by atoms with Crippen molar-refractivity contribution in [3.05, 3.63) is 41.6 Å². The number of aliphatic carboxylic acids is 1. The Kier molecular flexibility index (Phi) is 3.46. The molecule has 0 fully saturated rings. The van der Waals surface area contributed by atoms with E-state index in [0.29, 0.717) is 18.2 Å². The van der Waals surface area contributed by atoms with Crippen molar-refractivity contribution >= 4 is 28.4 Å². The minimum Gasteiger partial charge on any atom is -0.475 e. The van der Waals surface area contributed by atoms with Crippen molar-refractivity contribution in [2.75, 3.05) is 26.6 Å². The van der Waals surface area contributed by atoms with Crippen molar-refractivity contribution in [2.24, 2.45) is 5.92 Å². The van der Waals surface area contributed by atoms with Gasteiger partial charge in [-0.15, -0.1) is 0 Å². The Bertz CT molecular complexity index is 1390. The maximum Gasteiger partial charge on any atom is 0.490 e. The molecule has 9 heteroatoms. The van der Waals surface area contributed by atoms with E-state index in [1.54, 1.807) is 24.1 Å². The summed E-state index contributed by atoms with van der Waals surface area (Å²) in [5.41, 5.74) is 3.04. The molecule has 2 aliphatic rings. The van der Waals surface area contributed by atoms with Gasteiger partial charge in [-0.25, -0.2) is 4.79 Å². The van der Waals surface area contributed by atoms with Crippen LogP contribution in [-0.2, 0) is 16.0 Å². The quantitative estimate of drug-likeness (QED) is 0.753. The number of likely N-dealkylation sites (N-methyl/N-ethyl adjacent to an activating group) is 1. The molecule has 2 heterocycles. The van der Waals surface area contributed by atoms with E-state index in [2.05, 4.69) is 4.98 Å². The van der Waals surface area contributed by atoms with Crippen LogP contribution in [0, 0.1) is 5.92 Å². The highest BCUT2D eigenvalue weighted by atomic mass is 19.4. The van der Waals surface area contributed by atoms with E-state index in [-0.39, 0.29) is 17.5 Å². The Morgan fingerprint density at radius 2 is 2.06 bits per heavy atom. The molecule has 4 rings (SSSR count). The predicted octanol–water partition coefficient (Wildman–Crippen LogP) is 3.54. The van der Waals surface area contributed by atoms with E-state index in [1.807, 2.05) is 12.1 Å². The molecule has 0 saturated carbocycles. The molecule has 2 N–H and O–H groups in total. The van der Waals surface area contributed by atoms with Crippen LogP contribution in [0.2, 0.25) is 0 Å². The highest BCUT2D eigenvalue weighted by Gasteiger charge is 2.38. The Balaban J connectivity index is 0.000000616. The molecule has 1 aliphatic heterocycles. The molecular weight excluding hydrogens is 411 g/mol. The van der Waals surface area contributed by atoms with E-state index in [1.165, 1.54) is 0 Å². The normalized spacial score (nSPS) is 27.4. The summed E-state index contributed by atoms with van der Waals surface area (Å²) < 4.78 is 118. The largest absolute Gasteiger partial charge is 0.490 e. The molecule has 0 unspecified atom stereocenters. The van der Waals surface area contributed by atoms with Crippen molar-refractivity contribution in [1.82, 2.24) is 14.8 Å². The topological polar surface area (TPSA) is 76.6 Å². The minimum absolute atomic E-state index is 0.0132. The highest BCUT2D eigenvalue weighted by molar-refractivity contribution is 5.99. The molecule has 1 aromatic carbocycles. The van der Waals surface area contributed by atoms with Gasteiger partial charge in [0, 0.05) is 56.4 Å². The van der Waals surface area contributed by atoms with Crippen molar-refractivity contribution < 1.29 is 42.9 Å². The molecule has 6 nitrogen and oxygen atoms in total. The number of aromatic nitrogens is 1. The second-order valence-electron chi connectivity index (χ2n) is 7.04. The minimum atomic E-state index is -5.08. The number of nitrogens with one attached hydrogen (secondary N) is 1. The van der Waals surface area contributed by atoms with Crippen LogP contribution in [0.4, 0.5) is 13.2 Å². The summed E-state index contributed by atoms with van der Waals surface area (Å²) in [4.78, 5) is 27.1. The molecule has 0 spiro atoms. The third kappa shape index (κ3) is 4.46. The fraction of sp³-hybridized carbons (Fsp3) is 0.455. The van der Waals surface area contributed by atoms with Crippen molar-refractivity contribution in [1.29, 1.82) is 0 Å². The number of hydrogen-bond donors (Lipinski definition) is 2. The van der Waals surface area contributed by atoms with E-state index < -0.39 is 50.7 Å².